The molecule has 0 saturated heterocycles. The van der Waals surface area contributed by atoms with Gasteiger partial charge in [-0.1, -0.05) is 18.2 Å². The average molecular weight is 251 g/mol. The molecule has 0 saturated carbocycles. The molecule has 2 aromatic rings. The number of anilines is 1. The molecule has 0 aliphatic rings. The lowest BCUT2D eigenvalue weighted by molar-refractivity contribution is 0.484. The van der Waals surface area contributed by atoms with E-state index in [4.69, 9.17) is 4.55 Å². The van der Waals surface area contributed by atoms with Crippen LogP contribution in [-0.4, -0.2) is 27.1 Å². The Hall–Kier alpha value is -1.59. The lowest BCUT2D eigenvalue weighted by Crippen LogP contribution is -2.08. The number of hydrogen-bond donors (Lipinski definition) is 1. The van der Waals surface area contributed by atoms with Crippen molar-refractivity contribution in [2.45, 2.75) is 4.90 Å². The quantitative estimate of drug-likeness (QED) is 0.831. The smallest absolute Gasteiger partial charge is 0.295 e. The van der Waals surface area contributed by atoms with E-state index >= 15 is 0 Å². The molecule has 2 rings (SSSR count). The average Bonchev–Trinajstić information content (AvgIpc) is 2.26. The number of nitrogens with zero attached hydrogens (tertiary/aromatic N) is 1. The number of rotatable bonds is 2. The minimum absolute atomic E-state index is 0.0553. The number of hydrogen-bond acceptors (Lipinski definition) is 3. The third-order valence-corrected chi connectivity index (χ3v) is 3.53. The van der Waals surface area contributed by atoms with Crippen molar-refractivity contribution in [1.29, 1.82) is 0 Å². The van der Waals surface area contributed by atoms with E-state index in [9.17, 15) is 8.42 Å². The van der Waals surface area contributed by atoms with Crippen molar-refractivity contribution in [1.82, 2.24) is 0 Å². The maximum atomic E-state index is 11.2. The molecule has 0 unspecified atom stereocenters. The fourth-order valence-electron chi connectivity index (χ4n) is 1.74. The SMILES string of the molecule is CN(C)c1ccc2c(S(=O)(=O)O)cccc2c1. The van der Waals surface area contributed by atoms with E-state index < -0.39 is 10.1 Å². The zero-order valence-corrected chi connectivity index (χ0v) is 10.4. The van der Waals surface area contributed by atoms with Gasteiger partial charge < -0.3 is 4.90 Å². The molecular weight excluding hydrogens is 238 g/mol. The van der Waals surface area contributed by atoms with E-state index in [2.05, 4.69) is 0 Å². The van der Waals surface area contributed by atoms with Crippen LogP contribution in [0.5, 0.6) is 0 Å². The topological polar surface area (TPSA) is 57.6 Å². The van der Waals surface area contributed by atoms with E-state index in [1.807, 2.05) is 37.2 Å². The molecule has 5 heteroatoms. The zero-order valence-electron chi connectivity index (χ0n) is 9.58. The fourth-order valence-corrected chi connectivity index (χ4v) is 2.46. The lowest BCUT2D eigenvalue weighted by atomic mass is 10.1. The second-order valence-corrected chi connectivity index (χ2v) is 5.42. The van der Waals surface area contributed by atoms with Crippen molar-refractivity contribution in [2.75, 3.05) is 19.0 Å². The molecule has 0 amide bonds. The van der Waals surface area contributed by atoms with Crippen molar-refractivity contribution < 1.29 is 13.0 Å². The molecule has 0 spiro atoms. The molecular formula is C12H13NO3S. The Morgan fingerprint density at radius 1 is 1.12 bits per heavy atom. The summed E-state index contributed by atoms with van der Waals surface area (Å²) in [5.41, 5.74) is 0.977. The summed E-state index contributed by atoms with van der Waals surface area (Å²) in [6.07, 6.45) is 0. The summed E-state index contributed by atoms with van der Waals surface area (Å²) in [6.45, 7) is 0. The van der Waals surface area contributed by atoms with Gasteiger partial charge in [0.15, 0.2) is 0 Å². The molecule has 0 aliphatic heterocycles. The number of fused-ring (bicyclic) bond motifs is 1. The molecule has 4 nitrogen and oxygen atoms in total. The highest BCUT2D eigenvalue weighted by Crippen LogP contribution is 2.26. The van der Waals surface area contributed by atoms with Gasteiger partial charge in [0.2, 0.25) is 0 Å². The van der Waals surface area contributed by atoms with Crippen molar-refractivity contribution in [3.63, 3.8) is 0 Å². The summed E-state index contributed by atoms with van der Waals surface area (Å²) < 4.78 is 31.5. The first-order chi connectivity index (χ1) is 7.89. The Morgan fingerprint density at radius 2 is 1.82 bits per heavy atom. The summed E-state index contributed by atoms with van der Waals surface area (Å²) >= 11 is 0. The van der Waals surface area contributed by atoms with Gasteiger partial charge in [-0.3, -0.25) is 4.55 Å². The maximum Gasteiger partial charge on any atom is 0.295 e. The van der Waals surface area contributed by atoms with Gasteiger partial charge in [0.1, 0.15) is 4.90 Å². The van der Waals surface area contributed by atoms with Gasteiger partial charge in [0.25, 0.3) is 10.1 Å². The second-order valence-electron chi connectivity index (χ2n) is 4.03. The van der Waals surface area contributed by atoms with Crippen molar-refractivity contribution in [2.24, 2.45) is 0 Å². The van der Waals surface area contributed by atoms with Crippen LogP contribution in [0.25, 0.3) is 10.8 Å². The summed E-state index contributed by atoms with van der Waals surface area (Å²) in [7, 11) is -0.355. The molecule has 0 bridgehead atoms. The zero-order chi connectivity index (χ0) is 12.6. The van der Waals surface area contributed by atoms with Crippen LogP contribution in [0.15, 0.2) is 41.3 Å². The van der Waals surface area contributed by atoms with E-state index in [1.54, 1.807) is 12.1 Å². The normalized spacial score (nSPS) is 11.7. The van der Waals surface area contributed by atoms with Crippen LogP contribution in [0.3, 0.4) is 0 Å². The lowest BCUT2D eigenvalue weighted by Gasteiger charge is -2.13. The first kappa shape index (κ1) is 11.9. The largest absolute Gasteiger partial charge is 0.378 e. The molecule has 90 valence electrons. The minimum Gasteiger partial charge on any atom is -0.378 e. The molecule has 1 N–H and O–H groups in total. The molecule has 0 aliphatic carbocycles. The van der Waals surface area contributed by atoms with Crippen LogP contribution in [0, 0.1) is 0 Å². The summed E-state index contributed by atoms with van der Waals surface area (Å²) in [4.78, 5) is 1.87. The van der Waals surface area contributed by atoms with Crippen LogP contribution < -0.4 is 4.90 Å². The molecule has 0 fully saturated rings. The highest BCUT2D eigenvalue weighted by Gasteiger charge is 2.13. The monoisotopic (exact) mass is 251 g/mol. The predicted octanol–water partition coefficient (Wildman–Crippen LogP) is 2.15. The van der Waals surface area contributed by atoms with E-state index in [-0.39, 0.29) is 4.90 Å². The molecule has 17 heavy (non-hydrogen) atoms. The Labute approximate surface area is 100 Å². The van der Waals surface area contributed by atoms with Crippen molar-refractivity contribution in [3.05, 3.63) is 36.4 Å². The highest BCUT2D eigenvalue weighted by atomic mass is 32.2. The second kappa shape index (κ2) is 4.01. The van der Waals surface area contributed by atoms with Crippen LogP contribution in [-0.2, 0) is 10.1 Å². The van der Waals surface area contributed by atoms with Gasteiger partial charge in [0, 0.05) is 25.2 Å². The maximum absolute atomic E-state index is 11.2. The molecule has 2 aromatic carbocycles. The number of benzene rings is 2. The molecule has 0 heterocycles. The summed E-state index contributed by atoms with van der Waals surface area (Å²) in [5.74, 6) is 0. The van der Waals surface area contributed by atoms with Gasteiger partial charge >= 0.3 is 0 Å². The first-order valence-corrected chi connectivity index (χ1v) is 6.51. The highest BCUT2D eigenvalue weighted by molar-refractivity contribution is 7.86. The van der Waals surface area contributed by atoms with E-state index in [1.165, 1.54) is 6.07 Å². The van der Waals surface area contributed by atoms with Crippen LogP contribution in [0.2, 0.25) is 0 Å². The molecule has 0 aromatic heterocycles. The van der Waals surface area contributed by atoms with Crippen LogP contribution in [0.1, 0.15) is 0 Å². The predicted molar refractivity (Wildman–Crippen MR) is 68.1 cm³/mol. The fraction of sp³-hybridized carbons (Fsp3) is 0.167. The third kappa shape index (κ3) is 2.25. The van der Waals surface area contributed by atoms with Crippen molar-refractivity contribution in [3.8, 4) is 0 Å². The Balaban J connectivity index is 2.76. The van der Waals surface area contributed by atoms with Gasteiger partial charge in [0.05, 0.1) is 0 Å². The van der Waals surface area contributed by atoms with Gasteiger partial charge in [-0.25, -0.2) is 0 Å². The summed E-state index contributed by atoms with van der Waals surface area (Å²) in [5, 5.41) is 1.31. The first-order valence-electron chi connectivity index (χ1n) is 5.07. The Bertz CT molecular complexity index is 663. The van der Waals surface area contributed by atoms with Gasteiger partial charge in [-0.15, -0.1) is 0 Å². The van der Waals surface area contributed by atoms with Crippen molar-refractivity contribution >= 4 is 26.6 Å². The van der Waals surface area contributed by atoms with Gasteiger partial charge in [-0.2, -0.15) is 8.42 Å². The third-order valence-electron chi connectivity index (χ3n) is 2.62. The Kier molecular flexibility index (Phi) is 2.81. The Morgan fingerprint density at radius 3 is 2.41 bits per heavy atom. The minimum atomic E-state index is -4.18. The summed E-state index contributed by atoms with van der Waals surface area (Å²) in [6, 6.07) is 10.2. The van der Waals surface area contributed by atoms with Crippen LogP contribution >= 0.6 is 0 Å². The van der Waals surface area contributed by atoms with E-state index in [0.29, 0.717) is 5.39 Å². The van der Waals surface area contributed by atoms with Crippen LogP contribution in [0.4, 0.5) is 5.69 Å². The standard InChI is InChI=1S/C12H13NO3S/c1-13(2)10-6-7-11-9(8-10)4-3-5-12(11)17(14,15)16/h3-8H,1-2H3,(H,14,15,16). The van der Waals surface area contributed by atoms with Gasteiger partial charge in [-0.05, 0) is 23.6 Å². The van der Waals surface area contributed by atoms with E-state index in [0.717, 1.165) is 11.1 Å². The molecule has 0 radical (unpaired) electrons. The molecule has 0 atom stereocenters.